The third kappa shape index (κ3) is 2.62. The summed E-state index contributed by atoms with van der Waals surface area (Å²) in [6, 6.07) is 7.94. The number of fused-ring (bicyclic) bond motifs is 1. The average Bonchev–Trinajstić information content (AvgIpc) is 2.82. The summed E-state index contributed by atoms with van der Waals surface area (Å²) in [6.45, 7) is 8.53. The Morgan fingerprint density at radius 1 is 1.22 bits per heavy atom. The van der Waals surface area contributed by atoms with Crippen LogP contribution in [0.25, 0.3) is 10.9 Å². The summed E-state index contributed by atoms with van der Waals surface area (Å²) < 4.78 is 2.22. The van der Waals surface area contributed by atoms with Crippen LogP contribution in [0.2, 0.25) is 0 Å². The highest BCUT2D eigenvalue weighted by Crippen LogP contribution is 2.17. The van der Waals surface area contributed by atoms with E-state index in [-0.39, 0.29) is 0 Å². The van der Waals surface area contributed by atoms with Gasteiger partial charge in [-0.05, 0) is 30.6 Å². The van der Waals surface area contributed by atoms with Gasteiger partial charge < -0.3 is 9.47 Å². The van der Waals surface area contributed by atoms with E-state index in [9.17, 15) is 4.79 Å². The first-order valence-electron chi connectivity index (χ1n) is 6.55. The van der Waals surface area contributed by atoms with Gasteiger partial charge in [0.1, 0.15) is 6.29 Å². The minimum absolute atomic E-state index is 0.741. The predicted octanol–water partition coefficient (Wildman–Crippen LogP) is 2.80. The molecule has 1 aromatic heterocycles. The van der Waals surface area contributed by atoms with Crippen molar-refractivity contribution in [2.75, 3.05) is 19.6 Å². The Bertz CT molecular complexity index is 526. The number of benzene rings is 1. The number of nitrogens with zero attached hydrogens (tertiary/aromatic N) is 2. The lowest BCUT2D eigenvalue weighted by Gasteiger charge is -2.18. The van der Waals surface area contributed by atoms with Crippen molar-refractivity contribution in [3.63, 3.8) is 0 Å². The molecule has 0 aliphatic heterocycles. The molecule has 0 spiro atoms. The molecule has 0 unspecified atom stereocenters. The zero-order chi connectivity index (χ0) is 13.0. The van der Waals surface area contributed by atoms with Gasteiger partial charge in [0.15, 0.2) is 0 Å². The highest BCUT2D eigenvalue weighted by atomic mass is 16.1. The van der Waals surface area contributed by atoms with Gasteiger partial charge >= 0.3 is 0 Å². The third-order valence-electron chi connectivity index (χ3n) is 3.49. The van der Waals surface area contributed by atoms with Crippen LogP contribution >= 0.6 is 0 Å². The lowest BCUT2D eigenvalue weighted by Crippen LogP contribution is -2.26. The first kappa shape index (κ1) is 12.8. The summed E-state index contributed by atoms with van der Waals surface area (Å²) in [5.74, 6) is 0. The van der Waals surface area contributed by atoms with Crippen molar-refractivity contribution in [2.24, 2.45) is 0 Å². The lowest BCUT2D eigenvalue weighted by atomic mass is 10.2. The molecule has 0 fully saturated rings. The molecule has 0 amide bonds. The monoisotopic (exact) mass is 244 g/mol. The van der Waals surface area contributed by atoms with Crippen LogP contribution in [0, 0.1) is 0 Å². The predicted molar refractivity (Wildman–Crippen MR) is 75.1 cm³/mol. The second-order valence-corrected chi connectivity index (χ2v) is 4.47. The second kappa shape index (κ2) is 5.83. The smallest absolute Gasteiger partial charge is 0.150 e. The summed E-state index contributed by atoms with van der Waals surface area (Å²) in [5, 5.41) is 1.19. The fraction of sp³-hybridized carbons (Fsp3) is 0.400. The highest BCUT2D eigenvalue weighted by molar-refractivity contribution is 5.87. The Kier molecular flexibility index (Phi) is 4.15. The maximum atomic E-state index is 10.8. The molecule has 1 aromatic carbocycles. The molecule has 1 heterocycles. The van der Waals surface area contributed by atoms with Crippen molar-refractivity contribution in [3.05, 3.63) is 36.0 Å². The van der Waals surface area contributed by atoms with E-state index in [0.717, 1.165) is 43.5 Å². The molecule has 0 radical (unpaired) electrons. The van der Waals surface area contributed by atoms with Gasteiger partial charge in [0.2, 0.25) is 0 Å². The van der Waals surface area contributed by atoms with E-state index in [1.165, 1.54) is 5.39 Å². The molecular formula is C15H20N2O. The van der Waals surface area contributed by atoms with E-state index in [4.69, 9.17) is 0 Å². The van der Waals surface area contributed by atoms with E-state index in [0.29, 0.717) is 0 Å². The van der Waals surface area contributed by atoms with Crippen molar-refractivity contribution in [1.82, 2.24) is 9.47 Å². The van der Waals surface area contributed by atoms with Gasteiger partial charge in [0.25, 0.3) is 0 Å². The van der Waals surface area contributed by atoms with Gasteiger partial charge in [-0.25, -0.2) is 0 Å². The summed E-state index contributed by atoms with van der Waals surface area (Å²) in [6.07, 6.45) is 3.00. The van der Waals surface area contributed by atoms with E-state index < -0.39 is 0 Å². The summed E-state index contributed by atoms with van der Waals surface area (Å²) in [7, 11) is 0. The molecule has 0 atom stereocenters. The van der Waals surface area contributed by atoms with Crippen molar-refractivity contribution < 1.29 is 4.79 Å². The average molecular weight is 244 g/mol. The first-order chi connectivity index (χ1) is 8.78. The molecular weight excluding hydrogens is 224 g/mol. The van der Waals surface area contributed by atoms with Crippen LogP contribution in [0.15, 0.2) is 30.5 Å². The normalized spacial score (nSPS) is 11.3. The number of aldehydes is 1. The summed E-state index contributed by atoms with van der Waals surface area (Å²) in [5.41, 5.74) is 1.89. The van der Waals surface area contributed by atoms with Crippen LogP contribution in [0.5, 0.6) is 0 Å². The first-order valence-corrected chi connectivity index (χ1v) is 6.55. The van der Waals surface area contributed by atoms with E-state index in [1.807, 2.05) is 18.2 Å². The lowest BCUT2D eigenvalue weighted by molar-refractivity contribution is 0.112. The fourth-order valence-electron chi connectivity index (χ4n) is 2.26. The molecule has 3 nitrogen and oxygen atoms in total. The number of rotatable bonds is 6. The van der Waals surface area contributed by atoms with E-state index in [1.54, 1.807) is 0 Å². The van der Waals surface area contributed by atoms with Crippen molar-refractivity contribution in [3.8, 4) is 0 Å². The number of hydrogen-bond acceptors (Lipinski definition) is 2. The Hall–Kier alpha value is -1.61. The molecule has 2 rings (SSSR count). The maximum absolute atomic E-state index is 10.8. The molecule has 0 bridgehead atoms. The highest BCUT2D eigenvalue weighted by Gasteiger charge is 2.04. The molecule has 96 valence electrons. The van der Waals surface area contributed by atoms with E-state index >= 15 is 0 Å². The van der Waals surface area contributed by atoms with Gasteiger partial charge in [0.05, 0.1) is 0 Å². The molecule has 0 saturated heterocycles. The largest absolute Gasteiger partial charge is 0.346 e. The van der Waals surface area contributed by atoms with E-state index in [2.05, 4.69) is 35.6 Å². The number of aromatic nitrogens is 1. The molecule has 2 aromatic rings. The standard InChI is InChI=1S/C15H20N2O/c1-3-16(4-2)9-10-17-8-7-14-6-5-13(12-18)11-15(14)17/h5-8,11-12H,3-4,9-10H2,1-2H3. The minimum atomic E-state index is 0.741. The Balaban J connectivity index is 2.20. The summed E-state index contributed by atoms with van der Waals surface area (Å²) >= 11 is 0. The van der Waals surface area contributed by atoms with Crippen molar-refractivity contribution in [2.45, 2.75) is 20.4 Å². The number of likely N-dealkylation sites (N-methyl/N-ethyl adjacent to an activating group) is 1. The Morgan fingerprint density at radius 2 is 2.00 bits per heavy atom. The molecule has 3 heteroatoms. The van der Waals surface area contributed by atoms with Crippen LogP contribution in [-0.4, -0.2) is 35.4 Å². The van der Waals surface area contributed by atoms with Crippen LogP contribution in [0.3, 0.4) is 0 Å². The fourth-order valence-corrected chi connectivity index (χ4v) is 2.26. The number of carbonyl (C=O) groups is 1. The SMILES string of the molecule is CCN(CC)CCn1ccc2ccc(C=O)cc21. The van der Waals surface area contributed by atoms with Crippen molar-refractivity contribution >= 4 is 17.2 Å². The zero-order valence-electron chi connectivity index (χ0n) is 11.1. The molecule has 0 N–H and O–H groups in total. The molecule has 0 saturated carbocycles. The Morgan fingerprint density at radius 3 is 2.67 bits per heavy atom. The van der Waals surface area contributed by atoms with Gasteiger partial charge in [-0.15, -0.1) is 0 Å². The van der Waals surface area contributed by atoms with Gasteiger partial charge in [-0.2, -0.15) is 0 Å². The van der Waals surface area contributed by atoms with Gasteiger partial charge in [-0.3, -0.25) is 4.79 Å². The third-order valence-corrected chi connectivity index (χ3v) is 3.49. The number of carbonyl (C=O) groups excluding carboxylic acids is 1. The maximum Gasteiger partial charge on any atom is 0.150 e. The minimum Gasteiger partial charge on any atom is -0.346 e. The van der Waals surface area contributed by atoms with Gasteiger partial charge in [0, 0.05) is 30.4 Å². The number of hydrogen-bond donors (Lipinski definition) is 0. The van der Waals surface area contributed by atoms with Gasteiger partial charge in [-0.1, -0.05) is 26.0 Å². The Labute approximate surface area is 108 Å². The topological polar surface area (TPSA) is 25.2 Å². The second-order valence-electron chi connectivity index (χ2n) is 4.47. The molecule has 0 aliphatic carbocycles. The van der Waals surface area contributed by atoms with Crippen LogP contribution in [-0.2, 0) is 6.54 Å². The van der Waals surface area contributed by atoms with Crippen LogP contribution < -0.4 is 0 Å². The van der Waals surface area contributed by atoms with Crippen LogP contribution in [0.4, 0.5) is 0 Å². The molecule has 18 heavy (non-hydrogen) atoms. The quantitative estimate of drug-likeness (QED) is 0.730. The zero-order valence-corrected chi connectivity index (χ0v) is 11.1. The molecule has 0 aliphatic rings. The van der Waals surface area contributed by atoms with Crippen LogP contribution in [0.1, 0.15) is 24.2 Å². The summed E-state index contributed by atoms with van der Waals surface area (Å²) in [4.78, 5) is 13.2. The van der Waals surface area contributed by atoms with Crippen molar-refractivity contribution in [1.29, 1.82) is 0 Å².